The maximum Gasteiger partial charge on any atom is 0.264 e. The molecule has 1 fully saturated rings. The molecule has 5 nitrogen and oxygen atoms in total. The lowest BCUT2D eigenvalue weighted by Crippen LogP contribution is -2.31. The van der Waals surface area contributed by atoms with Gasteiger partial charge in [0.25, 0.3) is 15.9 Å². The number of nitrogens with zero attached hydrogens (tertiary/aromatic N) is 1. The normalized spacial score (nSPS) is 15.1. The molecule has 6 heteroatoms. The predicted molar refractivity (Wildman–Crippen MR) is 126 cm³/mol. The van der Waals surface area contributed by atoms with Crippen LogP contribution in [0.1, 0.15) is 55.3 Å². The third-order valence-electron chi connectivity index (χ3n) is 5.86. The monoisotopic (exact) mass is 440 g/mol. The van der Waals surface area contributed by atoms with Crippen LogP contribution in [-0.2, 0) is 10.0 Å². The highest BCUT2D eigenvalue weighted by Crippen LogP contribution is 2.26. The van der Waals surface area contributed by atoms with Crippen LogP contribution >= 0.6 is 0 Å². The molecule has 3 rings (SSSR count). The zero-order chi connectivity index (χ0) is 22.1. The van der Waals surface area contributed by atoms with Gasteiger partial charge >= 0.3 is 0 Å². The van der Waals surface area contributed by atoms with Crippen LogP contribution in [-0.4, -0.2) is 27.4 Å². The van der Waals surface area contributed by atoms with Crippen molar-refractivity contribution in [3.63, 3.8) is 0 Å². The van der Waals surface area contributed by atoms with E-state index in [-0.39, 0.29) is 17.3 Å². The highest BCUT2D eigenvalue weighted by atomic mass is 32.2. The van der Waals surface area contributed by atoms with E-state index in [2.05, 4.69) is 11.9 Å². The number of carbonyl (C=O) groups is 1. The lowest BCUT2D eigenvalue weighted by Gasteiger charge is -2.23. The Morgan fingerprint density at radius 3 is 2.26 bits per heavy atom. The van der Waals surface area contributed by atoms with Gasteiger partial charge in [-0.05, 0) is 48.7 Å². The molecular weight excluding hydrogens is 408 g/mol. The highest BCUT2D eigenvalue weighted by molar-refractivity contribution is 7.92. The second kappa shape index (κ2) is 11.1. The minimum atomic E-state index is -3.72. The van der Waals surface area contributed by atoms with Gasteiger partial charge in [0.2, 0.25) is 0 Å². The Morgan fingerprint density at radius 1 is 1.00 bits per heavy atom. The summed E-state index contributed by atoms with van der Waals surface area (Å²) < 4.78 is 27.4. The number of hydrogen-bond acceptors (Lipinski definition) is 3. The first kappa shape index (κ1) is 23.1. The Balaban J connectivity index is 1.64. The van der Waals surface area contributed by atoms with Crippen LogP contribution in [0, 0.1) is 5.92 Å². The van der Waals surface area contributed by atoms with Gasteiger partial charge in [-0.25, -0.2) is 8.42 Å². The molecule has 0 heterocycles. The van der Waals surface area contributed by atoms with Crippen LogP contribution in [0.15, 0.2) is 72.1 Å². The lowest BCUT2D eigenvalue weighted by molar-refractivity contribution is 0.0951. The van der Waals surface area contributed by atoms with Crippen molar-refractivity contribution in [2.75, 3.05) is 17.4 Å². The van der Waals surface area contributed by atoms with Gasteiger partial charge < -0.3 is 5.32 Å². The molecule has 2 aromatic carbocycles. The molecule has 0 radical (unpaired) electrons. The Morgan fingerprint density at radius 2 is 1.65 bits per heavy atom. The summed E-state index contributed by atoms with van der Waals surface area (Å²) in [5.41, 5.74) is 1.03. The van der Waals surface area contributed by atoms with E-state index in [1.54, 1.807) is 60.7 Å². The smallest absolute Gasteiger partial charge is 0.264 e. The zero-order valence-corrected chi connectivity index (χ0v) is 18.8. The van der Waals surface area contributed by atoms with Crippen molar-refractivity contribution < 1.29 is 13.2 Å². The van der Waals surface area contributed by atoms with Crippen LogP contribution < -0.4 is 9.62 Å². The van der Waals surface area contributed by atoms with Gasteiger partial charge in [0.1, 0.15) is 0 Å². The summed E-state index contributed by atoms with van der Waals surface area (Å²) in [4.78, 5) is 12.7. The Bertz CT molecular complexity index is 948. The molecule has 2 aromatic rings. The van der Waals surface area contributed by atoms with Crippen LogP contribution in [0.3, 0.4) is 0 Å². The average Bonchev–Trinajstić information content (AvgIpc) is 3.07. The Labute approximate surface area is 186 Å². The second-order valence-corrected chi connectivity index (χ2v) is 9.95. The van der Waals surface area contributed by atoms with Crippen LogP contribution in [0.25, 0.3) is 0 Å². The van der Waals surface area contributed by atoms with E-state index in [0.29, 0.717) is 23.7 Å². The maximum atomic E-state index is 13.1. The van der Waals surface area contributed by atoms with Crippen LogP contribution in [0.2, 0.25) is 0 Å². The van der Waals surface area contributed by atoms with Crippen molar-refractivity contribution in [2.45, 2.75) is 49.8 Å². The molecule has 1 amide bonds. The molecule has 0 saturated heterocycles. The lowest BCUT2D eigenvalue weighted by atomic mass is 9.97. The van der Waals surface area contributed by atoms with Gasteiger partial charge in [0.05, 0.1) is 17.1 Å². The number of rotatable bonds is 9. The first-order valence-corrected chi connectivity index (χ1v) is 12.5. The summed E-state index contributed by atoms with van der Waals surface area (Å²) in [5.74, 6) is 0.585. The van der Waals surface area contributed by atoms with Gasteiger partial charge in [-0.2, -0.15) is 0 Å². The molecule has 0 aromatic heterocycles. The molecule has 1 N–H and O–H groups in total. The fraction of sp³-hybridized carbons (Fsp3) is 0.400. The Hall–Kier alpha value is -2.60. The molecule has 0 bridgehead atoms. The van der Waals surface area contributed by atoms with E-state index in [1.807, 2.05) is 0 Å². The fourth-order valence-corrected chi connectivity index (χ4v) is 5.56. The van der Waals surface area contributed by atoms with E-state index in [9.17, 15) is 13.2 Å². The standard InChI is InChI=1S/C25H32N2O3S/c1-2-20-27(31(29,30)24-12-8-5-9-13-24)23-16-14-22(15-17-23)25(28)26-19-18-21-10-6-3-4-7-11-21/h2,5,8-9,12-17,21H,1,3-4,6-7,10-11,18-20H2,(H,26,28). The summed E-state index contributed by atoms with van der Waals surface area (Å²) in [5, 5.41) is 3.01. The first-order valence-electron chi connectivity index (χ1n) is 11.1. The molecule has 0 atom stereocenters. The first-order chi connectivity index (χ1) is 15.0. The van der Waals surface area contributed by atoms with Crippen molar-refractivity contribution in [1.29, 1.82) is 0 Å². The number of carbonyl (C=O) groups excluding carboxylic acids is 1. The highest BCUT2D eigenvalue weighted by Gasteiger charge is 2.24. The van der Waals surface area contributed by atoms with E-state index in [0.717, 1.165) is 6.42 Å². The fourth-order valence-electron chi connectivity index (χ4n) is 4.10. The quantitative estimate of drug-likeness (QED) is 0.433. The molecule has 1 aliphatic rings. The van der Waals surface area contributed by atoms with Gasteiger partial charge in [-0.1, -0.05) is 62.8 Å². The Kier molecular flexibility index (Phi) is 8.29. The summed E-state index contributed by atoms with van der Waals surface area (Å²) in [6, 6.07) is 15.0. The summed E-state index contributed by atoms with van der Waals surface area (Å²) in [7, 11) is -3.72. The number of benzene rings is 2. The molecule has 0 aliphatic heterocycles. The minimum Gasteiger partial charge on any atom is -0.352 e. The van der Waals surface area contributed by atoms with Gasteiger partial charge in [-0.15, -0.1) is 6.58 Å². The van der Waals surface area contributed by atoms with E-state index in [4.69, 9.17) is 0 Å². The third-order valence-corrected chi connectivity index (χ3v) is 7.66. The molecule has 0 spiro atoms. The summed E-state index contributed by atoms with van der Waals surface area (Å²) in [6.45, 7) is 4.51. The maximum absolute atomic E-state index is 13.1. The van der Waals surface area contributed by atoms with Crippen molar-refractivity contribution in [2.24, 2.45) is 5.92 Å². The van der Waals surface area contributed by atoms with E-state index in [1.165, 1.54) is 42.8 Å². The van der Waals surface area contributed by atoms with Crippen molar-refractivity contribution in [3.05, 3.63) is 72.8 Å². The second-order valence-electron chi connectivity index (χ2n) is 8.09. The van der Waals surface area contributed by atoms with Gasteiger partial charge in [-0.3, -0.25) is 9.10 Å². The van der Waals surface area contributed by atoms with Crippen LogP contribution in [0.4, 0.5) is 5.69 Å². The number of anilines is 1. The molecule has 0 unspecified atom stereocenters. The number of hydrogen-bond donors (Lipinski definition) is 1. The van der Waals surface area contributed by atoms with Crippen molar-refractivity contribution in [1.82, 2.24) is 5.32 Å². The van der Waals surface area contributed by atoms with E-state index < -0.39 is 10.0 Å². The van der Waals surface area contributed by atoms with Crippen molar-refractivity contribution in [3.8, 4) is 0 Å². The number of amides is 1. The van der Waals surface area contributed by atoms with Gasteiger partial charge in [0.15, 0.2) is 0 Å². The summed E-state index contributed by atoms with van der Waals surface area (Å²) >= 11 is 0. The largest absolute Gasteiger partial charge is 0.352 e. The SMILES string of the molecule is C=CCN(c1ccc(C(=O)NCCC2CCCCCC2)cc1)S(=O)(=O)c1ccccc1. The molecule has 1 saturated carbocycles. The van der Waals surface area contributed by atoms with Crippen molar-refractivity contribution >= 4 is 21.6 Å². The third kappa shape index (κ3) is 6.20. The van der Waals surface area contributed by atoms with Crippen LogP contribution in [0.5, 0.6) is 0 Å². The number of nitrogens with one attached hydrogen (secondary N) is 1. The van der Waals surface area contributed by atoms with Gasteiger partial charge in [0, 0.05) is 12.1 Å². The predicted octanol–water partition coefficient (Wildman–Crippen LogP) is 5.16. The molecule has 1 aliphatic carbocycles. The molecule has 31 heavy (non-hydrogen) atoms. The zero-order valence-electron chi connectivity index (χ0n) is 18.0. The molecular formula is C25H32N2O3S. The minimum absolute atomic E-state index is 0.124. The topological polar surface area (TPSA) is 66.5 Å². The number of sulfonamides is 1. The summed E-state index contributed by atoms with van der Waals surface area (Å²) in [6.07, 6.45) is 10.4. The van der Waals surface area contributed by atoms with E-state index >= 15 is 0 Å². The average molecular weight is 441 g/mol. The molecule has 166 valence electrons.